The Balaban J connectivity index is 2.48. The molecule has 0 aromatic heterocycles. The Morgan fingerprint density at radius 2 is 2.00 bits per heavy atom. The van der Waals surface area contributed by atoms with Crippen LogP contribution in [0.4, 0.5) is 0 Å². The molecule has 0 atom stereocenters. The molecule has 0 saturated heterocycles. The SMILES string of the molecule is CC(C)c1ccccc1C1(N=C=O)CC1. The van der Waals surface area contributed by atoms with Crippen molar-refractivity contribution >= 4 is 6.08 Å². The minimum absolute atomic E-state index is 0.234. The van der Waals surface area contributed by atoms with E-state index in [0.717, 1.165) is 12.8 Å². The number of isocyanates is 1. The summed E-state index contributed by atoms with van der Waals surface area (Å²) in [5.74, 6) is 0.473. The highest BCUT2D eigenvalue weighted by molar-refractivity contribution is 5.45. The number of hydrogen-bond acceptors (Lipinski definition) is 2. The van der Waals surface area contributed by atoms with Gasteiger partial charge in [-0.15, -0.1) is 0 Å². The van der Waals surface area contributed by atoms with Gasteiger partial charge in [0.2, 0.25) is 6.08 Å². The quantitative estimate of drug-likeness (QED) is 0.545. The molecule has 0 unspecified atom stereocenters. The van der Waals surface area contributed by atoms with Crippen LogP contribution in [-0.2, 0) is 10.3 Å². The molecule has 2 heteroatoms. The highest BCUT2D eigenvalue weighted by Gasteiger charge is 2.46. The number of nitrogens with zero attached hydrogens (tertiary/aromatic N) is 1. The van der Waals surface area contributed by atoms with E-state index in [9.17, 15) is 4.79 Å². The first kappa shape index (κ1) is 10.1. The molecule has 2 nitrogen and oxygen atoms in total. The molecule has 1 fully saturated rings. The van der Waals surface area contributed by atoms with Crippen LogP contribution in [0.5, 0.6) is 0 Å². The Kier molecular flexibility index (Phi) is 2.45. The van der Waals surface area contributed by atoms with Gasteiger partial charge < -0.3 is 0 Å². The van der Waals surface area contributed by atoms with Crippen molar-refractivity contribution in [3.63, 3.8) is 0 Å². The number of carbonyl (C=O) groups excluding carboxylic acids is 1. The van der Waals surface area contributed by atoms with Gasteiger partial charge in [0.15, 0.2) is 0 Å². The van der Waals surface area contributed by atoms with E-state index in [0.29, 0.717) is 5.92 Å². The van der Waals surface area contributed by atoms with Gasteiger partial charge >= 0.3 is 0 Å². The van der Waals surface area contributed by atoms with Crippen molar-refractivity contribution < 1.29 is 4.79 Å². The average molecular weight is 201 g/mol. The van der Waals surface area contributed by atoms with Gasteiger partial charge in [0, 0.05) is 0 Å². The highest BCUT2D eigenvalue weighted by atomic mass is 16.1. The molecular weight excluding hydrogens is 186 g/mol. The van der Waals surface area contributed by atoms with Crippen molar-refractivity contribution in [1.82, 2.24) is 0 Å². The van der Waals surface area contributed by atoms with E-state index >= 15 is 0 Å². The smallest absolute Gasteiger partial charge is 0.211 e. The molecule has 1 aromatic carbocycles. The van der Waals surface area contributed by atoms with Gasteiger partial charge in [-0.2, -0.15) is 4.99 Å². The maximum Gasteiger partial charge on any atom is 0.235 e. The fourth-order valence-electron chi connectivity index (χ4n) is 2.07. The van der Waals surface area contributed by atoms with Crippen LogP contribution in [0.2, 0.25) is 0 Å². The molecule has 0 heterocycles. The van der Waals surface area contributed by atoms with Gasteiger partial charge in [-0.1, -0.05) is 38.1 Å². The van der Waals surface area contributed by atoms with Crippen LogP contribution in [0.25, 0.3) is 0 Å². The summed E-state index contributed by atoms with van der Waals surface area (Å²) in [6.07, 6.45) is 3.67. The highest BCUT2D eigenvalue weighted by Crippen LogP contribution is 2.51. The molecule has 0 N–H and O–H groups in total. The van der Waals surface area contributed by atoms with Crippen LogP contribution >= 0.6 is 0 Å². The van der Waals surface area contributed by atoms with E-state index in [2.05, 4.69) is 31.0 Å². The summed E-state index contributed by atoms with van der Waals surface area (Å²) in [5.41, 5.74) is 2.28. The first-order chi connectivity index (χ1) is 7.19. The molecule has 0 amide bonds. The van der Waals surface area contributed by atoms with Crippen LogP contribution < -0.4 is 0 Å². The average Bonchev–Trinajstić information content (AvgIpc) is 2.99. The van der Waals surface area contributed by atoms with E-state index in [-0.39, 0.29) is 5.54 Å². The molecule has 0 bridgehead atoms. The molecule has 0 spiro atoms. The van der Waals surface area contributed by atoms with Gasteiger partial charge in [0.25, 0.3) is 0 Å². The summed E-state index contributed by atoms with van der Waals surface area (Å²) in [5, 5.41) is 0. The number of benzene rings is 1. The molecule has 1 saturated carbocycles. The predicted molar refractivity (Wildman–Crippen MR) is 59.6 cm³/mol. The Morgan fingerprint density at radius 1 is 1.33 bits per heavy atom. The van der Waals surface area contributed by atoms with Gasteiger partial charge in [-0.25, -0.2) is 4.79 Å². The molecule has 2 rings (SSSR count). The third kappa shape index (κ3) is 1.73. The van der Waals surface area contributed by atoms with E-state index in [1.165, 1.54) is 11.1 Å². The van der Waals surface area contributed by atoms with Crippen molar-refractivity contribution in [2.24, 2.45) is 4.99 Å². The summed E-state index contributed by atoms with van der Waals surface area (Å²) in [7, 11) is 0. The largest absolute Gasteiger partial charge is 0.235 e. The topological polar surface area (TPSA) is 29.4 Å². The summed E-state index contributed by atoms with van der Waals surface area (Å²) < 4.78 is 0. The lowest BCUT2D eigenvalue weighted by Gasteiger charge is -2.16. The molecule has 1 aliphatic rings. The van der Waals surface area contributed by atoms with Crippen LogP contribution in [0.3, 0.4) is 0 Å². The van der Waals surface area contributed by atoms with Crippen molar-refractivity contribution in [3.05, 3.63) is 35.4 Å². The molecule has 0 radical (unpaired) electrons. The van der Waals surface area contributed by atoms with E-state index in [1.807, 2.05) is 12.1 Å². The third-order valence-electron chi connectivity index (χ3n) is 3.07. The van der Waals surface area contributed by atoms with Crippen LogP contribution in [0, 0.1) is 0 Å². The summed E-state index contributed by atoms with van der Waals surface area (Å²) in [6, 6.07) is 8.27. The second kappa shape index (κ2) is 3.63. The van der Waals surface area contributed by atoms with Crippen molar-refractivity contribution in [2.45, 2.75) is 38.1 Å². The van der Waals surface area contributed by atoms with Crippen LogP contribution in [0.1, 0.15) is 43.7 Å². The second-order valence-electron chi connectivity index (χ2n) is 4.48. The molecule has 1 aromatic rings. The lowest BCUT2D eigenvalue weighted by molar-refractivity contribution is 0.555. The zero-order valence-electron chi connectivity index (χ0n) is 9.16. The van der Waals surface area contributed by atoms with E-state index in [4.69, 9.17) is 0 Å². The van der Waals surface area contributed by atoms with Gasteiger partial charge in [-0.05, 0) is 29.9 Å². The Morgan fingerprint density at radius 3 is 2.53 bits per heavy atom. The maximum absolute atomic E-state index is 10.4. The standard InChI is InChI=1S/C13H15NO/c1-10(2)11-5-3-4-6-12(11)13(7-8-13)14-9-15/h3-6,10H,7-8H2,1-2H3. The van der Waals surface area contributed by atoms with E-state index in [1.54, 1.807) is 6.08 Å². The molecule has 15 heavy (non-hydrogen) atoms. The summed E-state index contributed by atoms with van der Waals surface area (Å²) in [6.45, 7) is 4.33. The van der Waals surface area contributed by atoms with Crippen molar-refractivity contribution in [2.75, 3.05) is 0 Å². The fraction of sp³-hybridized carbons (Fsp3) is 0.462. The third-order valence-corrected chi connectivity index (χ3v) is 3.07. The summed E-state index contributed by atoms with van der Waals surface area (Å²) >= 11 is 0. The lowest BCUT2D eigenvalue weighted by Crippen LogP contribution is -2.07. The second-order valence-corrected chi connectivity index (χ2v) is 4.48. The van der Waals surface area contributed by atoms with E-state index < -0.39 is 0 Å². The predicted octanol–water partition coefficient (Wildman–Crippen LogP) is 3.13. The van der Waals surface area contributed by atoms with Gasteiger partial charge in [0.1, 0.15) is 0 Å². The maximum atomic E-state index is 10.4. The number of rotatable bonds is 3. The van der Waals surface area contributed by atoms with Crippen LogP contribution in [-0.4, -0.2) is 6.08 Å². The van der Waals surface area contributed by atoms with Gasteiger partial charge in [-0.3, -0.25) is 0 Å². The molecule has 1 aliphatic carbocycles. The number of hydrogen-bond donors (Lipinski definition) is 0. The summed E-state index contributed by atoms with van der Waals surface area (Å²) in [4.78, 5) is 14.4. The van der Waals surface area contributed by atoms with Crippen LogP contribution in [0.15, 0.2) is 29.3 Å². The molecule has 0 aliphatic heterocycles. The Bertz CT molecular complexity index is 412. The molecule has 78 valence electrons. The first-order valence-corrected chi connectivity index (χ1v) is 5.38. The number of aliphatic imine (C=N–C) groups is 1. The van der Waals surface area contributed by atoms with Crippen molar-refractivity contribution in [1.29, 1.82) is 0 Å². The zero-order chi connectivity index (χ0) is 10.9. The lowest BCUT2D eigenvalue weighted by atomic mass is 9.92. The monoisotopic (exact) mass is 201 g/mol. The van der Waals surface area contributed by atoms with Crippen molar-refractivity contribution in [3.8, 4) is 0 Å². The first-order valence-electron chi connectivity index (χ1n) is 5.38. The molecular formula is C13H15NO. The normalized spacial score (nSPS) is 17.3. The Labute approximate surface area is 90.0 Å². The zero-order valence-corrected chi connectivity index (χ0v) is 9.16. The fourth-order valence-corrected chi connectivity index (χ4v) is 2.07. The minimum Gasteiger partial charge on any atom is -0.211 e. The Hall–Kier alpha value is -1.40. The minimum atomic E-state index is -0.234. The van der Waals surface area contributed by atoms with Gasteiger partial charge in [0.05, 0.1) is 5.54 Å².